The number of esters is 1. The predicted octanol–water partition coefficient (Wildman–Crippen LogP) is 0.281. The zero-order chi connectivity index (χ0) is 14.5. The smallest absolute Gasteiger partial charge is 0.307 e. The molecule has 0 radical (unpaired) electrons. The number of ether oxygens (including phenoxy) is 1. The van der Waals surface area contributed by atoms with Crippen molar-refractivity contribution in [2.45, 2.75) is 18.2 Å². The van der Waals surface area contributed by atoms with Crippen LogP contribution in [0.3, 0.4) is 0 Å². The van der Waals surface area contributed by atoms with E-state index in [0.29, 0.717) is 18.8 Å². The van der Waals surface area contributed by atoms with Gasteiger partial charge in [-0.05, 0) is 25.1 Å². The maximum Gasteiger partial charge on any atom is 0.307 e. The van der Waals surface area contributed by atoms with Crippen molar-refractivity contribution in [2.24, 2.45) is 5.14 Å². The van der Waals surface area contributed by atoms with Gasteiger partial charge >= 0.3 is 5.97 Å². The topological polar surface area (TPSA) is 125 Å². The first-order chi connectivity index (χ1) is 8.84. The van der Waals surface area contributed by atoms with Gasteiger partial charge in [0.05, 0.1) is 29.3 Å². The number of carbonyl (C=O) groups excluding carboxylic acids is 1. The van der Waals surface area contributed by atoms with Crippen LogP contribution in [0.1, 0.15) is 13.3 Å². The highest BCUT2D eigenvalue weighted by atomic mass is 32.2. The van der Waals surface area contributed by atoms with Crippen LogP contribution in [0.15, 0.2) is 23.1 Å². The van der Waals surface area contributed by atoms with Crippen molar-refractivity contribution < 1.29 is 17.9 Å². The van der Waals surface area contributed by atoms with E-state index in [1.165, 1.54) is 18.2 Å². The highest BCUT2D eigenvalue weighted by Gasteiger charge is 2.10. The van der Waals surface area contributed by atoms with Crippen LogP contribution in [0.25, 0.3) is 0 Å². The molecule has 0 unspecified atom stereocenters. The van der Waals surface area contributed by atoms with Crippen LogP contribution in [0, 0.1) is 0 Å². The molecule has 0 atom stereocenters. The second-order valence-electron chi connectivity index (χ2n) is 3.78. The lowest BCUT2D eigenvalue weighted by atomic mass is 10.2. The van der Waals surface area contributed by atoms with Gasteiger partial charge in [0.15, 0.2) is 0 Å². The average molecular weight is 287 g/mol. The fourth-order valence-corrected chi connectivity index (χ4v) is 1.96. The number of nitrogens with two attached hydrogens (primary N) is 2. The largest absolute Gasteiger partial charge is 0.466 e. The van der Waals surface area contributed by atoms with Gasteiger partial charge in [-0.15, -0.1) is 0 Å². The van der Waals surface area contributed by atoms with Crippen LogP contribution < -0.4 is 16.2 Å². The number of rotatable bonds is 6. The van der Waals surface area contributed by atoms with Gasteiger partial charge in [-0.3, -0.25) is 4.79 Å². The third-order valence-corrected chi connectivity index (χ3v) is 3.21. The van der Waals surface area contributed by atoms with Crippen LogP contribution in [-0.4, -0.2) is 27.5 Å². The molecule has 0 fully saturated rings. The van der Waals surface area contributed by atoms with Gasteiger partial charge in [-0.2, -0.15) is 0 Å². The number of hydrogen-bond acceptors (Lipinski definition) is 6. The van der Waals surface area contributed by atoms with Gasteiger partial charge in [0, 0.05) is 6.54 Å². The van der Waals surface area contributed by atoms with Crippen molar-refractivity contribution >= 4 is 27.4 Å². The van der Waals surface area contributed by atoms with E-state index in [9.17, 15) is 13.2 Å². The maximum atomic E-state index is 11.1. The molecule has 0 aromatic heterocycles. The fraction of sp³-hybridized carbons (Fsp3) is 0.364. The van der Waals surface area contributed by atoms with E-state index in [1.807, 2.05) is 0 Å². The summed E-state index contributed by atoms with van der Waals surface area (Å²) in [5, 5.41) is 7.90. The van der Waals surface area contributed by atoms with Gasteiger partial charge in [0.1, 0.15) is 0 Å². The van der Waals surface area contributed by atoms with Crippen LogP contribution in [0.2, 0.25) is 0 Å². The zero-order valence-electron chi connectivity index (χ0n) is 10.5. The van der Waals surface area contributed by atoms with E-state index in [2.05, 4.69) is 5.32 Å². The number of carbonyl (C=O) groups is 1. The quantitative estimate of drug-likeness (QED) is 0.510. The fourth-order valence-electron chi connectivity index (χ4n) is 1.41. The van der Waals surface area contributed by atoms with Crippen molar-refractivity contribution in [1.82, 2.24) is 0 Å². The highest BCUT2D eigenvalue weighted by Crippen LogP contribution is 2.21. The molecule has 0 spiro atoms. The van der Waals surface area contributed by atoms with Gasteiger partial charge in [0.2, 0.25) is 10.0 Å². The molecule has 0 amide bonds. The number of nitrogen functional groups attached to an aromatic ring is 1. The summed E-state index contributed by atoms with van der Waals surface area (Å²) in [6, 6.07) is 4.11. The number of hydrogen-bond donors (Lipinski definition) is 3. The molecule has 1 rings (SSSR count). The molecule has 1 aromatic rings. The van der Waals surface area contributed by atoms with E-state index in [1.54, 1.807) is 6.92 Å². The lowest BCUT2D eigenvalue weighted by molar-refractivity contribution is -0.142. The summed E-state index contributed by atoms with van der Waals surface area (Å²) in [4.78, 5) is 11.1. The first-order valence-electron chi connectivity index (χ1n) is 5.66. The molecule has 0 aliphatic carbocycles. The molecule has 0 heterocycles. The lowest BCUT2D eigenvalue weighted by Gasteiger charge is -2.10. The summed E-state index contributed by atoms with van der Waals surface area (Å²) >= 11 is 0. The molecular formula is C11H17N3O4S. The van der Waals surface area contributed by atoms with Crippen molar-refractivity contribution in [3.05, 3.63) is 18.2 Å². The van der Waals surface area contributed by atoms with Crippen LogP contribution in [0.4, 0.5) is 11.4 Å². The molecule has 0 bridgehead atoms. The first-order valence-corrected chi connectivity index (χ1v) is 7.21. The summed E-state index contributed by atoms with van der Waals surface area (Å²) in [6.07, 6.45) is 0.199. The minimum absolute atomic E-state index is 0.0547. The van der Waals surface area contributed by atoms with Crippen LogP contribution in [-0.2, 0) is 19.6 Å². The Morgan fingerprint density at radius 3 is 2.63 bits per heavy atom. The third-order valence-electron chi connectivity index (χ3n) is 2.30. The van der Waals surface area contributed by atoms with E-state index >= 15 is 0 Å². The van der Waals surface area contributed by atoms with Gasteiger partial charge in [-0.1, -0.05) is 0 Å². The summed E-state index contributed by atoms with van der Waals surface area (Å²) in [5.41, 5.74) is 6.48. The Kier molecular flexibility index (Phi) is 5.13. The lowest BCUT2D eigenvalue weighted by Crippen LogP contribution is -2.14. The van der Waals surface area contributed by atoms with Crippen molar-refractivity contribution in [1.29, 1.82) is 0 Å². The first kappa shape index (κ1) is 15.3. The number of sulfonamides is 1. The molecular weight excluding hydrogens is 270 g/mol. The Balaban J connectivity index is 2.64. The van der Waals surface area contributed by atoms with Gasteiger partial charge < -0.3 is 15.8 Å². The summed E-state index contributed by atoms with van der Waals surface area (Å²) in [6.45, 7) is 2.41. The summed E-state index contributed by atoms with van der Waals surface area (Å²) in [7, 11) is -3.77. The van der Waals surface area contributed by atoms with Gasteiger partial charge in [0.25, 0.3) is 0 Å². The zero-order valence-corrected chi connectivity index (χ0v) is 11.4. The number of benzene rings is 1. The molecule has 7 nitrogen and oxygen atoms in total. The number of nitrogens with one attached hydrogen (secondary N) is 1. The third kappa shape index (κ3) is 4.76. The Morgan fingerprint density at radius 1 is 1.42 bits per heavy atom. The van der Waals surface area contributed by atoms with Crippen molar-refractivity contribution in [2.75, 3.05) is 24.2 Å². The van der Waals surface area contributed by atoms with Crippen LogP contribution >= 0.6 is 0 Å². The molecule has 106 valence electrons. The second kappa shape index (κ2) is 6.39. The normalized spacial score (nSPS) is 11.1. The van der Waals surface area contributed by atoms with E-state index in [0.717, 1.165) is 0 Å². The van der Waals surface area contributed by atoms with E-state index in [4.69, 9.17) is 15.6 Å². The van der Waals surface area contributed by atoms with E-state index in [-0.39, 0.29) is 23.0 Å². The highest BCUT2D eigenvalue weighted by molar-refractivity contribution is 7.89. The summed E-state index contributed by atoms with van der Waals surface area (Å²) in [5.74, 6) is -0.310. The molecule has 0 aliphatic rings. The standard InChI is InChI=1S/C11H17N3O4S/c1-2-18-11(15)5-6-14-10-4-3-8(7-9(10)12)19(13,16)17/h3-4,7,14H,2,5-6,12H2,1H3,(H2,13,16,17). The Bertz CT molecular complexity index is 557. The number of anilines is 2. The maximum absolute atomic E-state index is 11.1. The second-order valence-corrected chi connectivity index (χ2v) is 5.34. The molecule has 8 heteroatoms. The Labute approximate surface area is 112 Å². The predicted molar refractivity (Wildman–Crippen MR) is 72.0 cm³/mol. The molecule has 1 aromatic carbocycles. The molecule has 5 N–H and O–H groups in total. The Morgan fingerprint density at radius 2 is 2.11 bits per heavy atom. The Hall–Kier alpha value is -1.80. The van der Waals surface area contributed by atoms with Crippen molar-refractivity contribution in [3.63, 3.8) is 0 Å². The monoisotopic (exact) mass is 287 g/mol. The van der Waals surface area contributed by atoms with Crippen molar-refractivity contribution in [3.8, 4) is 0 Å². The molecule has 0 saturated carbocycles. The minimum Gasteiger partial charge on any atom is -0.466 e. The summed E-state index contributed by atoms with van der Waals surface area (Å²) < 4.78 is 27.0. The molecule has 19 heavy (non-hydrogen) atoms. The molecule has 0 saturated heterocycles. The molecule has 0 aliphatic heterocycles. The van der Waals surface area contributed by atoms with E-state index < -0.39 is 10.0 Å². The SMILES string of the molecule is CCOC(=O)CCNc1ccc(S(N)(=O)=O)cc1N. The minimum atomic E-state index is -3.77. The number of primary sulfonamides is 1. The van der Waals surface area contributed by atoms with Gasteiger partial charge in [-0.25, -0.2) is 13.6 Å². The van der Waals surface area contributed by atoms with Crippen LogP contribution in [0.5, 0.6) is 0 Å². The average Bonchev–Trinajstić information content (AvgIpc) is 2.30.